The molecule has 2 aliphatic rings. The number of rotatable bonds is 7. The zero-order valence-electron chi connectivity index (χ0n) is 16.9. The Morgan fingerprint density at radius 1 is 1.17 bits per heavy atom. The van der Waals surface area contributed by atoms with Gasteiger partial charge in [0.25, 0.3) is 0 Å². The first-order chi connectivity index (χ1) is 13.4. The zero-order chi connectivity index (χ0) is 20.0. The van der Waals surface area contributed by atoms with E-state index in [-0.39, 0.29) is 24.0 Å². The standard InChI is InChI=1S/C21H31F3N4.HI/c1-2-25-20(27-19-14-18(19)17-6-4-3-5-7-17)26-11-8-16-9-12-28(13-10-16)15-21(22,23)24;/h3-7,16,18-19H,2,8-15H2,1H3,(H2,25,26,27);1H. The maximum atomic E-state index is 12.5. The number of hydrogen-bond acceptors (Lipinski definition) is 2. The molecule has 2 atom stereocenters. The molecule has 1 heterocycles. The molecule has 2 unspecified atom stereocenters. The van der Waals surface area contributed by atoms with E-state index in [1.807, 2.05) is 6.07 Å². The third-order valence-corrected chi connectivity index (χ3v) is 5.60. The molecule has 1 aliphatic heterocycles. The first-order valence-corrected chi connectivity index (χ1v) is 10.3. The van der Waals surface area contributed by atoms with Crippen LogP contribution in [0.25, 0.3) is 0 Å². The van der Waals surface area contributed by atoms with Gasteiger partial charge in [-0.15, -0.1) is 24.0 Å². The van der Waals surface area contributed by atoms with Gasteiger partial charge in [-0.2, -0.15) is 13.2 Å². The third kappa shape index (κ3) is 8.32. The zero-order valence-corrected chi connectivity index (χ0v) is 19.2. The molecule has 1 aromatic carbocycles. The number of nitrogens with zero attached hydrogens (tertiary/aromatic N) is 2. The van der Waals surface area contributed by atoms with Crippen LogP contribution < -0.4 is 10.6 Å². The SMILES string of the molecule is CCNC(=NCCC1CCN(CC(F)(F)F)CC1)NC1CC1c1ccccc1.I. The Bertz CT molecular complexity index is 631. The Kier molecular flexibility index (Phi) is 9.52. The lowest BCUT2D eigenvalue weighted by atomic mass is 9.93. The van der Waals surface area contributed by atoms with Crippen LogP contribution in [0.1, 0.15) is 44.1 Å². The number of nitrogens with one attached hydrogen (secondary N) is 2. The predicted octanol–water partition coefficient (Wildman–Crippen LogP) is 4.38. The molecule has 2 N–H and O–H groups in total. The van der Waals surface area contributed by atoms with Crippen molar-refractivity contribution in [3.8, 4) is 0 Å². The number of aliphatic imine (C=N–C) groups is 1. The summed E-state index contributed by atoms with van der Waals surface area (Å²) in [6.07, 6.45) is -0.387. The lowest BCUT2D eigenvalue weighted by Gasteiger charge is -2.32. The number of piperidine rings is 1. The normalized spacial score (nSPS) is 23.4. The topological polar surface area (TPSA) is 39.7 Å². The van der Waals surface area contributed by atoms with Crippen LogP contribution in [0.3, 0.4) is 0 Å². The monoisotopic (exact) mass is 524 g/mol. The van der Waals surface area contributed by atoms with E-state index in [9.17, 15) is 13.2 Å². The Labute approximate surface area is 188 Å². The summed E-state index contributed by atoms with van der Waals surface area (Å²) in [5, 5.41) is 6.82. The maximum absolute atomic E-state index is 12.5. The van der Waals surface area contributed by atoms with Gasteiger partial charge in [-0.05, 0) is 57.2 Å². The second-order valence-corrected chi connectivity index (χ2v) is 7.89. The van der Waals surface area contributed by atoms with Crippen LogP contribution >= 0.6 is 24.0 Å². The average Bonchev–Trinajstić information content (AvgIpc) is 3.42. The summed E-state index contributed by atoms with van der Waals surface area (Å²) < 4.78 is 37.4. The first kappa shape index (κ1) is 24.2. The molecule has 0 aromatic heterocycles. The van der Waals surface area contributed by atoms with E-state index in [1.54, 1.807) is 0 Å². The quantitative estimate of drug-likeness (QED) is 0.316. The molecule has 1 aromatic rings. The lowest BCUT2D eigenvalue weighted by molar-refractivity contribution is -0.148. The molecule has 3 rings (SSSR count). The molecule has 0 amide bonds. The third-order valence-electron chi connectivity index (χ3n) is 5.60. The van der Waals surface area contributed by atoms with E-state index in [4.69, 9.17) is 4.99 Å². The van der Waals surface area contributed by atoms with Crippen molar-refractivity contribution in [3.63, 3.8) is 0 Å². The molecular formula is C21H32F3IN4. The molecule has 1 aliphatic carbocycles. The van der Waals surface area contributed by atoms with Crippen molar-refractivity contribution in [2.24, 2.45) is 10.9 Å². The second kappa shape index (κ2) is 11.4. The minimum atomic E-state index is -4.09. The van der Waals surface area contributed by atoms with E-state index in [0.29, 0.717) is 37.5 Å². The molecule has 2 fully saturated rings. The summed E-state index contributed by atoms with van der Waals surface area (Å²) in [5.74, 6) is 1.86. The van der Waals surface area contributed by atoms with Crippen molar-refractivity contribution >= 4 is 29.9 Å². The van der Waals surface area contributed by atoms with Crippen molar-refractivity contribution in [2.45, 2.75) is 50.7 Å². The lowest BCUT2D eigenvalue weighted by Crippen LogP contribution is -2.40. The number of benzene rings is 1. The van der Waals surface area contributed by atoms with Gasteiger partial charge in [-0.1, -0.05) is 30.3 Å². The van der Waals surface area contributed by atoms with Crippen LogP contribution in [0, 0.1) is 5.92 Å². The maximum Gasteiger partial charge on any atom is 0.401 e. The van der Waals surface area contributed by atoms with Gasteiger partial charge in [0.15, 0.2) is 5.96 Å². The van der Waals surface area contributed by atoms with Gasteiger partial charge >= 0.3 is 6.18 Å². The molecule has 8 heteroatoms. The number of halogens is 4. The minimum Gasteiger partial charge on any atom is -0.357 e. The van der Waals surface area contributed by atoms with Gasteiger partial charge in [0, 0.05) is 25.0 Å². The second-order valence-electron chi connectivity index (χ2n) is 7.89. The summed E-state index contributed by atoms with van der Waals surface area (Å²) in [6, 6.07) is 10.9. The van der Waals surface area contributed by atoms with Gasteiger partial charge in [-0.25, -0.2) is 0 Å². The average molecular weight is 524 g/mol. The fourth-order valence-electron chi connectivity index (χ4n) is 3.96. The van der Waals surface area contributed by atoms with Crippen LogP contribution in [-0.2, 0) is 0 Å². The molecule has 1 saturated heterocycles. The molecule has 4 nitrogen and oxygen atoms in total. The van der Waals surface area contributed by atoms with E-state index in [1.165, 1.54) is 10.5 Å². The van der Waals surface area contributed by atoms with Crippen LogP contribution in [0.4, 0.5) is 13.2 Å². The molecule has 0 spiro atoms. The molecule has 0 radical (unpaired) electrons. The summed E-state index contributed by atoms with van der Waals surface area (Å²) in [5.41, 5.74) is 1.36. The largest absolute Gasteiger partial charge is 0.401 e. The van der Waals surface area contributed by atoms with Gasteiger partial charge in [0.05, 0.1) is 6.54 Å². The Hall–Kier alpha value is -1.03. The van der Waals surface area contributed by atoms with Crippen molar-refractivity contribution in [1.29, 1.82) is 0 Å². The van der Waals surface area contributed by atoms with Crippen molar-refractivity contribution < 1.29 is 13.2 Å². The fraction of sp³-hybridized carbons (Fsp3) is 0.667. The highest BCUT2D eigenvalue weighted by molar-refractivity contribution is 14.0. The molecule has 0 bridgehead atoms. The summed E-state index contributed by atoms with van der Waals surface area (Å²) >= 11 is 0. The van der Waals surface area contributed by atoms with E-state index >= 15 is 0 Å². The van der Waals surface area contributed by atoms with Crippen LogP contribution in [-0.4, -0.2) is 55.8 Å². The summed E-state index contributed by atoms with van der Waals surface area (Å²) in [6.45, 7) is 3.86. The fourth-order valence-corrected chi connectivity index (χ4v) is 3.96. The number of hydrogen-bond donors (Lipinski definition) is 2. The Balaban J connectivity index is 0.00000300. The Morgan fingerprint density at radius 3 is 2.48 bits per heavy atom. The Morgan fingerprint density at radius 2 is 1.86 bits per heavy atom. The van der Waals surface area contributed by atoms with Crippen molar-refractivity contribution in [2.75, 3.05) is 32.7 Å². The highest BCUT2D eigenvalue weighted by atomic mass is 127. The number of guanidine groups is 1. The molecule has 164 valence electrons. The highest BCUT2D eigenvalue weighted by Gasteiger charge is 2.38. The van der Waals surface area contributed by atoms with Gasteiger partial charge in [-0.3, -0.25) is 9.89 Å². The molecular weight excluding hydrogens is 492 g/mol. The summed E-state index contributed by atoms with van der Waals surface area (Å²) in [4.78, 5) is 6.21. The van der Waals surface area contributed by atoms with Gasteiger partial charge < -0.3 is 10.6 Å². The smallest absolute Gasteiger partial charge is 0.357 e. The van der Waals surface area contributed by atoms with E-state index < -0.39 is 12.7 Å². The van der Waals surface area contributed by atoms with Crippen LogP contribution in [0.2, 0.25) is 0 Å². The van der Waals surface area contributed by atoms with E-state index in [0.717, 1.165) is 38.2 Å². The van der Waals surface area contributed by atoms with E-state index in [2.05, 4.69) is 41.8 Å². The number of alkyl halides is 3. The van der Waals surface area contributed by atoms with Gasteiger partial charge in [0.2, 0.25) is 0 Å². The highest BCUT2D eigenvalue weighted by Crippen LogP contribution is 2.40. The van der Waals surface area contributed by atoms with Crippen LogP contribution in [0.15, 0.2) is 35.3 Å². The predicted molar refractivity (Wildman–Crippen MR) is 122 cm³/mol. The molecule has 1 saturated carbocycles. The number of likely N-dealkylation sites (tertiary alicyclic amines) is 1. The van der Waals surface area contributed by atoms with Crippen molar-refractivity contribution in [1.82, 2.24) is 15.5 Å². The first-order valence-electron chi connectivity index (χ1n) is 10.3. The molecule has 29 heavy (non-hydrogen) atoms. The summed E-state index contributed by atoms with van der Waals surface area (Å²) in [7, 11) is 0. The minimum absolute atomic E-state index is 0. The van der Waals surface area contributed by atoms with Gasteiger partial charge in [0.1, 0.15) is 0 Å². The van der Waals surface area contributed by atoms with Crippen LogP contribution in [0.5, 0.6) is 0 Å². The van der Waals surface area contributed by atoms with Crippen molar-refractivity contribution in [3.05, 3.63) is 35.9 Å².